The van der Waals surface area contributed by atoms with Gasteiger partial charge >= 0.3 is 0 Å². The smallest absolute Gasteiger partial charge is 0.274 e. The van der Waals surface area contributed by atoms with Crippen LogP contribution in [0.2, 0.25) is 0 Å². The maximum Gasteiger partial charge on any atom is 0.274 e. The summed E-state index contributed by atoms with van der Waals surface area (Å²) in [6.45, 7) is 2.15. The van der Waals surface area contributed by atoms with Gasteiger partial charge in [-0.25, -0.2) is 0 Å². The lowest BCUT2D eigenvalue weighted by Crippen LogP contribution is -2.30. The van der Waals surface area contributed by atoms with E-state index in [1.807, 2.05) is 12.1 Å². The molecule has 2 aliphatic rings. The van der Waals surface area contributed by atoms with Gasteiger partial charge in [0.15, 0.2) is 0 Å². The van der Waals surface area contributed by atoms with Crippen molar-refractivity contribution in [1.29, 1.82) is 0 Å². The number of allylic oxidation sites excluding steroid dienone is 2. The molecule has 2 aromatic carbocycles. The van der Waals surface area contributed by atoms with Gasteiger partial charge in [-0.3, -0.25) is 10.1 Å². The van der Waals surface area contributed by atoms with Gasteiger partial charge in [0.1, 0.15) is 0 Å². The van der Waals surface area contributed by atoms with Crippen LogP contribution in [0.4, 0.5) is 11.4 Å². The van der Waals surface area contributed by atoms with E-state index in [1.165, 1.54) is 11.1 Å². The van der Waals surface area contributed by atoms with Gasteiger partial charge in [-0.1, -0.05) is 55.5 Å². The molecular formula is C20H20N2O2. The summed E-state index contributed by atoms with van der Waals surface area (Å²) in [7, 11) is 0. The van der Waals surface area contributed by atoms with Crippen LogP contribution in [0.25, 0.3) is 0 Å². The van der Waals surface area contributed by atoms with Gasteiger partial charge in [0, 0.05) is 17.7 Å². The Bertz CT molecular complexity index is 828. The Kier molecular flexibility index (Phi) is 3.60. The molecule has 1 heterocycles. The molecule has 122 valence electrons. The van der Waals surface area contributed by atoms with E-state index >= 15 is 0 Å². The zero-order valence-electron chi connectivity index (χ0n) is 13.6. The van der Waals surface area contributed by atoms with Gasteiger partial charge in [-0.05, 0) is 29.9 Å². The van der Waals surface area contributed by atoms with E-state index in [0.29, 0.717) is 11.8 Å². The average molecular weight is 320 g/mol. The Morgan fingerprint density at radius 3 is 2.75 bits per heavy atom. The lowest BCUT2D eigenvalue weighted by atomic mass is 9.76. The number of fused-ring (bicyclic) bond motifs is 3. The number of hydrogen-bond acceptors (Lipinski definition) is 3. The molecule has 1 N–H and O–H groups in total. The maximum atomic E-state index is 11.5. The molecule has 0 saturated heterocycles. The van der Waals surface area contributed by atoms with E-state index in [4.69, 9.17) is 0 Å². The standard InChI is InChI=1S/C20H20N2O2/c1-2-13-7-5-10-15-14-9-6-11-16(14)20(21-19(13)15)17-8-3-4-12-18(17)22(23)24/h3-10,12,14,16,20-21H,2,11H2,1H3/t14-,16-,20+/m1/s1. The number of nitro benzene ring substituents is 1. The van der Waals surface area contributed by atoms with E-state index in [2.05, 4.69) is 42.6 Å². The molecule has 3 atom stereocenters. The summed E-state index contributed by atoms with van der Waals surface area (Å²) in [4.78, 5) is 11.2. The first-order valence-electron chi connectivity index (χ1n) is 8.49. The Hall–Kier alpha value is -2.62. The highest BCUT2D eigenvalue weighted by atomic mass is 16.6. The van der Waals surface area contributed by atoms with Crippen molar-refractivity contribution in [1.82, 2.24) is 0 Å². The van der Waals surface area contributed by atoms with Gasteiger partial charge < -0.3 is 5.32 Å². The molecule has 0 bridgehead atoms. The fraction of sp³-hybridized carbons (Fsp3) is 0.300. The number of nitro groups is 1. The molecule has 0 unspecified atom stereocenters. The second-order valence-corrected chi connectivity index (χ2v) is 6.53. The quantitative estimate of drug-likeness (QED) is 0.493. The van der Waals surface area contributed by atoms with E-state index in [1.54, 1.807) is 12.1 Å². The van der Waals surface area contributed by atoms with E-state index < -0.39 is 0 Å². The Morgan fingerprint density at radius 2 is 1.96 bits per heavy atom. The average Bonchev–Trinajstić information content (AvgIpc) is 3.10. The summed E-state index contributed by atoms with van der Waals surface area (Å²) in [6.07, 6.45) is 6.38. The number of hydrogen-bond donors (Lipinski definition) is 1. The third-order valence-corrected chi connectivity index (χ3v) is 5.33. The second-order valence-electron chi connectivity index (χ2n) is 6.53. The van der Waals surface area contributed by atoms with Crippen LogP contribution < -0.4 is 5.32 Å². The Morgan fingerprint density at radius 1 is 1.17 bits per heavy atom. The molecule has 0 saturated carbocycles. The summed E-state index contributed by atoms with van der Waals surface area (Å²) in [5.41, 5.74) is 4.75. The number of nitrogens with zero attached hydrogens (tertiary/aromatic N) is 1. The fourth-order valence-electron chi connectivity index (χ4n) is 4.21. The molecule has 0 fully saturated rings. The van der Waals surface area contributed by atoms with Crippen molar-refractivity contribution < 1.29 is 4.92 Å². The molecule has 4 nitrogen and oxygen atoms in total. The monoisotopic (exact) mass is 320 g/mol. The number of rotatable bonds is 3. The normalized spacial score (nSPS) is 24.1. The van der Waals surface area contributed by atoms with Crippen molar-refractivity contribution in [3.63, 3.8) is 0 Å². The zero-order valence-corrected chi connectivity index (χ0v) is 13.6. The van der Waals surface area contributed by atoms with E-state index in [9.17, 15) is 10.1 Å². The number of aryl methyl sites for hydroxylation is 1. The summed E-state index contributed by atoms with van der Waals surface area (Å²) >= 11 is 0. The molecular weight excluding hydrogens is 300 g/mol. The zero-order chi connectivity index (χ0) is 16.7. The van der Waals surface area contributed by atoms with Gasteiger partial charge in [0.2, 0.25) is 0 Å². The molecule has 2 aromatic rings. The first-order chi connectivity index (χ1) is 11.7. The minimum Gasteiger partial charge on any atom is -0.377 e. The highest BCUT2D eigenvalue weighted by molar-refractivity contribution is 5.65. The van der Waals surface area contributed by atoms with Crippen LogP contribution in [0.1, 0.15) is 42.0 Å². The van der Waals surface area contributed by atoms with Gasteiger partial charge in [-0.2, -0.15) is 0 Å². The minimum absolute atomic E-state index is 0.0354. The van der Waals surface area contributed by atoms with E-state index in [0.717, 1.165) is 24.1 Å². The highest BCUT2D eigenvalue weighted by Gasteiger charge is 2.40. The molecule has 1 aliphatic heterocycles. The molecule has 0 amide bonds. The molecule has 0 radical (unpaired) electrons. The lowest BCUT2D eigenvalue weighted by Gasteiger charge is -2.38. The van der Waals surface area contributed by atoms with Crippen LogP contribution in [0.5, 0.6) is 0 Å². The Labute approximate surface area is 141 Å². The summed E-state index contributed by atoms with van der Waals surface area (Å²) < 4.78 is 0. The first-order valence-corrected chi connectivity index (χ1v) is 8.49. The number of nitrogens with one attached hydrogen (secondary N) is 1. The van der Waals surface area contributed by atoms with Crippen molar-refractivity contribution in [3.8, 4) is 0 Å². The van der Waals surface area contributed by atoms with Crippen molar-refractivity contribution in [2.45, 2.75) is 31.7 Å². The molecule has 0 aromatic heterocycles. The van der Waals surface area contributed by atoms with Crippen molar-refractivity contribution in [2.24, 2.45) is 5.92 Å². The summed E-state index contributed by atoms with van der Waals surface area (Å²) in [5.74, 6) is 0.656. The van der Waals surface area contributed by atoms with Gasteiger partial charge in [0.25, 0.3) is 5.69 Å². The van der Waals surface area contributed by atoms with Crippen molar-refractivity contribution >= 4 is 11.4 Å². The highest BCUT2D eigenvalue weighted by Crippen LogP contribution is 2.51. The van der Waals surface area contributed by atoms with Crippen LogP contribution in [0, 0.1) is 16.0 Å². The molecule has 4 rings (SSSR count). The number of para-hydroxylation sites is 2. The van der Waals surface area contributed by atoms with Crippen molar-refractivity contribution in [2.75, 3.05) is 5.32 Å². The molecule has 1 aliphatic carbocycles. The van der Waals surface area contributed by atoms with Crippen LogP contribution in [0.15, 0.2) is 54.6 Å². The third-order valence-electron chi connectivity index (χ3n) is 5.33. The number of benzene rings is 2. The molecule has 4 heteroatoms. The maximum absolute atomic E-state index is 11.5. The van der Waals surface area contributed by atoms with E-state index in [-0.39, 0.29) is 16.7 Å². The topological polar surface area (TPSA) is 55.2 Å². The molecule has 0 spiro atoms. The van der Waals surface area contributed by atoms with Gasteiger partial charge in [-0.15, -0.1) is 0 Å². The largest absolute Gasteiger partial charge is 0.377 e. The SMILES string of the molecule is CCc1cccc2c1N[C@H](c1ccccc1[N+](=O)[O-])[C@@H]1CC=C[C@H]21. The van der Waals surface area contributed by atoms with Crippen LogP contribution >= 0.6 is 0 Å². The van der Waals surface area contributed by atoms with Crippen molar-refractivity contribution in [3.05, 3.63) is 81.4 Å². The fourth-order valence-corrected chi connectivity index (χ4v) is 4.21. The summed E-state index contributed by atoms with van der Waals surface area (Å²) in [6, 6.07) is 13.5. The predicted molar refractivity (Wildman–Crippen MR) is 95.3 cm³/mol. The van der Waals surface area contributed by atoms with Gasteiger partial charge in [0.05, 0.1) is 16.5 Å². The lowest BCUT2D eigenvalue weighted by molar-refractivity contribution is -0.385. The van der Waals surface area contributed by atoms with Crippen LogP contribution in [-0.4, -0.2) is 4.92 Å². The third kappa shape index (κ3) is 2.21. The number of anilines is 1. The predicted octanol–water partition coefficient (Wildman–Crippen LogP) is 4.98. The Balaban J connectivity index is 1.86. The van der Waals surface area contributed by atoms with Crippen LogP contribution in [-0.2, 0) is 6.42 Å². The molecule has 24 heavy (non-hydrogen) atoms. The first kappa shape index (κ1) is 14.9. The second kappa shape index (κ2) is 5.78. The minimum atomic E-state index is -0.268. The summed E-state index contributed by atoms with van der Waals surface area (Å²) in [5, 5.41) is 15.1. The van der Waals surface area contributed by atoms with Crippen LogP contribution in [0.3, 0.4) is 0 Å².